The van der Waals surface area contributed by atoms with Gasteiger partial charge in [0.25, 0.3) is 5.78 Å². The number of hydrogen-bond acceptors (Lipinski definition) is 10. The molecule has 6 aromatic rings. The lowest BCUT2D eigenvalue weighted by Gasteiger charge is -2.23. The van der Waals surface area contributed by atoms with Crippen LogP contribution in [0.5, 0.6) is 11.5 Å². The summed E-state index contributed by atoms with van der Waals surface area (Å²) in [5.74, 6) is -0.537. The van der Waals surface area contributed by atoms with E-state index in [1.807, 2.05) is 47.9 Å². The third-order valence-electron chi connectivity index (χ3n) is 8.31. The normalized spacial score (nSPS) is 16.0. The van der Waals surface area contributed by atoms with E-state index in [4.69, 9.17) is 9.47 Å². The number of anilines is 1. The Morgan fingerprint density at radius 2 is 1.74 bits per heavy atom. The summed E-state index contributed by atoms with van der Waals surface area (Å²) in [6, 6.07) is 22.2. The molecule has 1 saturated heterocycles. The summed E-state index contributed by atoms with van der Waals surface area (Å²) in [6.45, 7) is 3.72. The molecule has 0 saturated carbocycles. The standard InChI is InChI=1S/C35H29N5O5S2/c1-19-9-8-16-39-20(2)28(36-32(19)39)30(41)27-29(22-14-15-25(44-3)26(17-22)45-4)40(33(43)31(27)42)34-37-38-35(47-34)46-18-23-12-7-11-21-10-5-6-13-24(21)23/h5-17,29,41H,18H2,1-4H3/b30-27+. The number of benzene rings is 3. The fraction of sp³-hybridized carbons (Fsp3) is 0.171. The van der Waals surface area contributed by atoms with Gasteiger partial charge in [0.15, 0.2) is 21.6 Å². The Hall–Kier alpha value is -5.20. The summed E-state index contributed by atoms with van der Waals surface area (Å²) >= 11 is 2.71. The number of carbonyl (C=O) groups is 2. The van der Waals surface area contributed by atoms with Gasteiger partial charge in [-0.15, -0.1) is 10.2 Å². The van der Waals surface area contributed by atoms with Crippen molar-refractivity contribution in [3.8, 4) is 11.5 Å². The van der Waals surface area contributed by atoms with Crippen molar-refractivity contribution in [1.29, 1.82) is 0 Å². The van der Waals surface area contributed by atoms with Crippen LogP contribution in [0.3, 0.4) is 0 Å². The van der Waals surface area contributed by atoms with Crippen LogP contribution in [-0.2, 0) is 15.3 Å². The molecule has 1 unspecified atom stereocenters. The van der Waals surface area contributed by atoms with Crippen molar-refractivity contribution in [3.63, 3.8) is 0 Å². The van der Waals surface area contributed by atoms with Crippen molar-refractivity contribution in [3.05, 3.63) is 113 Å². The third-order valence-corrected chi connectivity index (χ3v) is 10.4. The summed E-state index contributed by atoms with van der Waals surface area (Å²) in [5.41, 5.74) is 3.93. The van der Waals surface area contributed by atoms with E-state index >= 15 is 0 Å². The first-order valence-electron chi connectivity index (χ1n) is 14.7. The minimum atomic E-state index is -1.04. The average Bonchev–Trinajstić information content (AvgIpc) is 3.77. The van der Waals surface area contributed by atoms with Crippen LogP contribution in [-0.4, -0.2) is 50.6 Å². The molecule has 236 valence electrons. The number of imidazole rings is 1. The maximum absolute atomic E-state index is 13.9. The summed E-state index contributed by atoms with van der Waals surface area (Å²) in [6.07, 6.45) is 1.84. The highest BCUT2D eigenvalue weighted by atomic mass is 32.2. The van der Waals surface area contributed by atoms with E-state index in [0.29, 0.717) is 38.5 Å². The Balaban J connectivity index is 1.32. The fourth-order valence-corrected chi connectivity index (χ4v) is 7.83. The van der Waals surface area contributed by atoms with Gasteiger partial charge >= 0.3 is 5.91 Å². The number of ketones is 1. The molecular formula is C35H29N5O5S2. The highest BCUT2D eigenvalue weighted by Crippen LogP contribution is 2.46. The molecule has 10 nitrogen and oxygen atoms in total. The second-order valence-electron chi connectivity index (χ2n) is 11.0. The zero-order chi connectivity index (χ0) is 32.8. The van der Waals surface area contributed by atoms with Crippen LogP contribution in [0.25, 0.3) is 22.2 Å². The lowest BCUT2D eigenvalue weighted by molar-refractivity contribution is -0.132. The SMILES string of the molecule is COc1ccc(C2/C(=C(\O)c3nc4c(C)cccn4c3C)C(=O)C(=O)N2c2nnc(SCc3cccc4ccccc34)s2)cc1OC. The maximum atomic E-state index is 13.9. The van der Waals surface area contributed by atoms with E-state index < -0.39 is 17.7 Å². The van der Waals surface area contributed by atoms with E-state index in [9.17, 15) is 14.7 Å². The van der Waals surface area contributed by atoms with Crippen LogP contribution >= 0.6 is 23.1 Å². The van der Waals surface area contributed by atoms with E-state index in [1.54, 1.807) is 25.1 Å². The van der Waals surface area contributed by atoms with Crippen LogP contribution in [0.4, 0.5) is 5.13 Å². The highest BCUT2D eigenvalue weighted by molar-refractivity contribution is 8.00. The predicted molar refractivity (Wildman–Crippen MR) is 182 cm³/mol. The number of carbonyl (C=O) groups excluding carboxylic acids is 2. The molecule has 12 heteroatoms. The van der Waals surface area contributed by atoms with Gasteiger partial charge in [-0.3, -0.25) is 14.5 Å². The van der Waals surface area contributed by atoms with Gasteiger partial charge < -0.3 is 19.0 Å². The Kier molecular flexibility index (Phi) is 7.90. The number of aromatic nitrogens is 4. The number of hydrogen-bond donors (Lipinski definition) is 1. The van der Waals surface area contributed by atoms with Crippen LogP contribution in [0, 0.1) is 13.8 Å². The van der Waals surface area contributed by atoms with Crippen molar-refractivity contribution in [2.24, 2.45) is 0 Å². The molecule has 1 aliphatic heterocycles. The van der Waals surface area contributed by atoms with Crippen molar-refractivity contribution < 1.29 is 24.2 Å². The van der Waals surface area contributed by atoms with Crippen LogP contribution < -0.4 is 14.4 Å². The number of amides is 1. The monoisotopic (exact) mass is 663 g/mol. The predicted octanol–water partition coefficient (Wildman–Crippen LogP) is 6.89. The van der Waals surface area contributed by atoms with E-state index in [-0.39, 0.29) is 22.2 Å². The van der Waals surface area contributed by atoms with Crippen molar-refractivity contribution in [1.82, 2.24) is 19.6 Å². The summed E-state index contributed by atoms with van der Waals surface area (Å²) in [4.78, 5) is 33.7. The molecule has 1 amide bonds. The molecule has 7 rings (SSSR count). The van der Waals surface area contributed by atoms with Gasteiger partial charge in [0.2, 0.25) is 5.13 Å². The van der Waals surface area contributed by atoms with E-state index in [0.717, 1.165) is 21.9 Å². The Bertz CT molecular complexity index is 2240. The number of aliphatic hydroxyl groups is 1. The second kappa shape index (κ2) is 12.2. The van der Waals surface area contributed by atoms with Gasteiger partial charge in [0.1, 0.15) is 11.3 Å². The molecule has 0 aliphatic carbocycles. The highest BCUT2D eigenvalue weighted by Gasteiger charge is 2.49. The number of Topliss-reactive ketones (excluding diaryl/α,β-unsaturated/α-hetero) is 1. The lowest BCUT2D eigenvalue weighted by atomic mass is 9.96. The molecule has 0 radical (unpaired) electrons. The van der Waals surface area contributed by atoms with E-state index in [1.165, 1.54) is 42.2 Å². The topological polar surface area (TPSA) is 119 Å². The number of aliphatic hydroxyl groups excluding tert-OH is 1. The van der Waals surface area contributed by atoms with Gasteiger partial charge in [0.05, 0.1) is 31.5 Å². The quantitative estimate of drug-likeness (QED) is 0.0610. The number of thioether (sulfide) groups is 1. The van der Waals surface area contributed by atoms with E-state index in [2.05, 4.69) is 39.4 Å². The number of rotatable bonds is 8. The molecule has 3 aromatic heterocycles. The van der Waals surface area contributed by atoms with Crippen LogP contribution in [0.1, 0.15) is 34.1 Å². The van der Waals surface area contributed by atoms with Gasteiger partial charge in [-0.2, -0.15) is 0 Å². The lowest BCUT2D eigenvalue weighted by Crippen LogP contribution is -2.29. The number of methoxy groups -OCH3 is 2. The largest absolute Gasteiger partial charge is 0.505 e. The number of pyridine rings is 1. The molecular weight excluding hydrogens is 635 g/mol. The second-order valence-corrected chi connectivity index (χ2v) is 13.2. The summed E-state index contributed by atoms with van der Waals surface area (Å²) < 4.78 is 13.5. The third kappa shape index (κ3) is 5.19. The summed E-state index contributed by atoms with van der Waals surface area (Å²) in [7, 11) is 3.03. The zero-order valence-corrected chi connectivity index (χ0v) is 27.6. The van der Waals surface area contributed by atoms with Gasteiger partial charge in [-0.1, -0.05) is 77.7 Å². The molecule has 1 aliphatic rings. The first-order valence-corrected chi connectivity index (χ1v) is 16.5. The minimum absolute atomic E-state index is 0.105. The molecule has 47 heavy (non-hydrogen) atoms. The van der Waals surface area contributed by atoms with Crippen molar-refractivity contribution in [2.45, 2.75) is 30.0 Å². The van der Waals surface area contributed by atoms with Gasteiger partial charge in [-0.05, 0) is 59.5 Å². The molecule has 0 spiro atoms. The number of ether oxygens (including phenoxy) is 2. The van der Waals surface area contributed by atoms with Gasteiger partial charge in [0, 0.05) is 11.9 Å². The Morgan fingerprint density at radius 1 is 0.957 bits per heavy atom. The molecule has 4 heterocycles. The van der Waals surface area contributed by atoms with Gasteiger partial charge in [-0.25, -0.2) is 4.98 Å². The Morgan fingerprint density at radius 3 is 2.53 bits per heavy atom. The number of fused-ring (bicyclic) bond motifs is 2. The first-order chi connectivity index (χ1) is 22.8. The number of nitrogens with zero attached hydrogens (tertiary/aromatic N) is 5. The molecule has 1 fully saturated rings. The smallest absolute Gasteiger partial charge is 0.301 e. The maximum Gasteiger partial charge on any atom is 0.301 e. The van der Waals surface area contributed by atoms with Crippen LogP contribution in [0.2, 0.25) is 0 Å². The molecule has 1 N–H and O–H groups in total. The summed E-state index contributed by atoms with van der Waals surface area (Å²) in [5, 5.41) is 23.1. The molecule has 3 aromatic carbocycles. The van der Waals surface area contributed by atoms with Crippen molar-refractivity contribution >= 4 is 62.1 Å². The number of aryl methyl sites for hydroxylation is 2. The molecule has 0 bridgehead atoms. The zero-order valence-electron chi connectivity index (χ0n) is 25.9. The average molecular weight is 664 g/mol. The fourth-order valence-electron chi connectivity index (χ4n) is 5.96. The molecule has 1 atom stereocenters. The van der Waals surface area contributed by atoms with Crippen LogP contribution in [0.15, 0.2) is 88.9 Å². The van der Waals surface area contributed by atoms with Crippen molar-refractivity contribution in [2.75, 3.05) is 19.1 Å². The first kappa shape index (κ1) is 30.5. The minimum Gasteiger partial charge on any atom is -0.505 e. The Labute approximate surface area is 278 Å².